The van der Waals surface area contributed by atoms with Crippen molar-refractivity contribution in [2.75, 3.05) is 0 Å². The van der Waals surface area contributed by atoms with Gasteiger partial charge in [0.2, 0.25) is 0 Å². The summed E-state index contributed by atoms with van der Waals surface area (Å²) in [5, 5.41) is 9.35. The Bertz CT molecular complexity index is 607. The lowest BCUT2D eigenvalue weighted by Gasteiger charge is -1.96. The van der Waals surface area contributed by atoms with Crippen molar-refractivity contribution in [3.8, 4) is 0 Å². The summed E-state index contributed by atoms with van der Waals surface area (Å²) in [5.74, 6) is -0.788. The van der Waals surface area contributed by atoms with Crippen LogP contribution in [0.15, 0.2) is 48.8 Å². The SMILES string of the molecule is O=C(O)CC[n+]1ccc(/C=C\c2ccc(Cl)cc2)cc1.[Cl-]. The van der Waals surface area contributed by atoms with Crippen LogP contribution in [0, 0.1) is 0 Å². The minimum absolute atomic E-state index is 0. The smallest absolute Gasteiger partial charge is 0.309 e. The third-order valence-electron chi connectivity index (χ3n) is 2.84. The van der Waals surface area contributed by atoms with Gasteiger partial charge in [0.05, 0.1) is 0 Å². The van der Waals surface area contributed by atoms with Crippen LogP contribution in [0.25, 0.3) is 12.2 Å². The molecule has 0 saturated heterocycles. The van der Waals surface area contributed by atoms with Crippen molar-refractivity contribution < 1.29 is 26.9 Å². The van der Waals surface area contributed by atoms with Gasteiger partial charge in [-0.3, -0.25) is 4.79 Å². The van der Waals surface area contributed by atoms with Gasteiger partial charge in [-0.05, 0) is 23.3 Å². The minimum Gasteiger partial charge on any atom is -1.00 e. The van der Waals surface area contributed by atoms with E-state index in [1.165, 1.54) is 0 Å². The van der Waals surface area contributed by atoms with Crippen molar-refractivity contribution in [2.24, 2.45) is 0 Å². The third-order valence-corrected chi connectivity index (χ3v) is 3.09. The topological polar surface area (TPSA) is 41.2 Å². The fraction of sp³-hybridized carbons (Fsp3) is 0.125. The molecule has 0 fully saturated rings. The normalized spacial score (nSPS) is 10.3. The van der Waals surface area contributed by atoms with E-state index < -0.39 is 5.97 Å². The Morgan fingerprint density at radius 3 is 2.10 bits per heavy atom. The van der Waals surface area contributed by atoms with E-state index in [1.807, 2.05) is 65.5 Å². The van der Waals surface area contributed by atoms with Crippen LogP contribution in [0.1, 0.15) is 17.5 Å². The fourth-order valence-corrected chi connectivity index (χ4v) is 1.85. The lowest BCUT2D eigenvalue weighted by atomic mass is 10.1. The fourth-order valence-electron chi connectivity index (χ4n) is 1.72. The van der Waals surface area contributed by atoms with Crippen molar-refractivity contribution in [3.05, 3.63) is 64.9 Å². The van der Waals surface area contributed by atoms with Gasteiger partial charge >= 0.3 is 5.97 Å². The van der Waals surface area contributed by atoms with Crippen molar-refractivity contribution in [1.82, 2.24) is 0 Å². The van der Waals surface area contributed by atoms with E-state index >= 15 is 0 Å². The molecule has 21 heavy (non-hydrogen) atoms. The first-order valence-electron chi connectivity index (χ1n) is 6.28. The molecule has 5 heteroatoms. The molecule has 2 rings (SSSR count). The number of hydrogen-bond donors (Lipinski definition) is 1. The zero-order valence-corrected chi connectivity index (χ0v) is 12.8. The molecule has 0 saturated carbocycles. The maximum Gasteiger partial charge on any atom is 0.309 e. The zero-order chi connectivity index (χ0) is 14.4. The molecule has 0 aliphatic rings. The van der Waals surface area contributed by atoms with Crippen LogP contribution < -0.4 is 17.0 Å². The van der Waals surface area contributed by atoms with Gasteiger partial charge < -0.3 is 17.5 Å². The summed E-state index contributed by atoms with van der Waals surface area (Å²) in [7, 11) is 0. The van der Waals surface area contributed by atoms with Crippen molar-refractivity contribution >= 4 is 29.7 Å². The number of hydrogen-bond acceptors (Lipinski definition) is 1. The van der Waals surface area contributed by atoms with Crippen LogP contribution in [0.5, 0.6) is 0 Å². The van der Waals surface area contributed by atoms with Gasteiger partial charge in [0.1, 0.15) is 6.42 Å². The van der Waals surface area contributed by atoms with Gasteiger partial charge in [-0.2, -0.15) is 0 Å². The van der Waals surface area contributed by atoms with E-state index in [-0.39, 0.29) is 18.8 Å². The third kappa shape index (κ3) is 5.98. The Morgan fingerprint density at radius 1 is 1.05 bits per heavy atom. The van der Waals surface area contributed by atoms with Gasteiger partial charge in [0.15, 0.2) is 18.9 Å². The minimum atomic E-state index is -0.788. The summed E-state index contributed by atoms with van der Waals surface area (Å²) in [6.07, 6.45) is 7.90. The van der Waals surface area contributed by atoms with Crippen LogP contribution in [0.3, 0.4) is 0 Å². The molecule has 2 aromatic rings. The van der Waals surface area contributed by atoms with Crippen LogP contribution in [0.4, 0.5) is 0 Å². The standard InChI is InChI=1S/C16H14ClNO2.ClH/c17-15-5-3-13(4-6-15)1-2-14-7-10-18(11-8-14)12-9-16(19)20;/h1-8,10-11H,9,12H2;1H/b2-1-;. The van der Waals surface area contributed by atoms with Crippen molar-refractivity contribution in [3.63, 3.8) is 0 Å². The number of nitrogens with zero attached hydrogens (tertiary/aromatic N) is 1. The molecule has 0 radical (unpaired) electrons. The summed E-state index contributed by atoms with van der Waals surface area (Å²) in [6, 6.07) is 11.5. The first-order valence-corrected chi connectivity index (χ1v) is 6.66. The summed E-state index contributed by atoms with van der Waals surface area (Å²) < 4.78 is 1.85. The second-order valence-electron chi connectivity index (χ2n) is 4.40. The van der Waals surface area contributed by atoms with Gasteiger partial charge in [0, 0.05) is 17.2 Å². The van der Waals surface area contributed by atoms with E-state index in [1.54, 1.807) is 0 Å². The number of benzene rings is 1. The number of aliphatic carboxylic acids is 1. The Balaban J connectivity index is 0.00000220. The van der Waals surface area contributed by atoms with E-state index in [9.17, 15) is 4.79 Å². The highest BCUT2D eigenvalue weighted by atomic mass is 35.5. The van der Waals surface area contributed by atoms with Crippen LogP contribution in [-0.2, 0) is 11.3 Å². The Hall–Kier alpha value is -1.84. The maximum absolute atomic E-state index is 10.5. The van der Waals surface area contributed by atoms with Crippen molar-refractivity contribution in [1.29, 1.82) is 0 Å². The zero-order valence-electron chi connectivity index (χ0n) is 11.2. The number of aryl methyl sites for hydroxylation is 1. The number of carbonyl (C=O) groups is 1. The highest BCUT2D eigenvalue weighted by molar-refractivity contribution is 6.30. The molecule has 0 aliphatic carbocycles. The number of carboxylic acids is 1. The highest BCUT2D eigenvalue weighted by Crippen LogP contribution is 2.12. The first-order chi connectivity index (χ1) is 9.63. The predicted octanol–water partition coefficient (Wildman–Crippen LogP) is 0.277. The summed E-state index contributed by atoms with van der Waals surface area (Å²) >= 11 is 5.83. The van der Waals surface area contributed by atoms with Gasteiger partial charge in [-0.25, -0.2) is 4.57 Å². The molecule has 1 aromatic carbocycles. The Labute approximate surface area is 134 Å². The van der Waals surface area contributed by atoms with Crippen LogP contribution in [-0.4, -0.2) is 11.1 Å². The van der Waals surface area contributed by atoms with Crippen molar-refractivity contribution in [2.45, 2.75) is 13.0 Å². The maximum atomic E-state index is 10.5. The molecule has 1 aromatic heterocycles. The number of pyridine rings is 1. The lowest BCUT2D eigenvalue weighted by molar-refractivity contribution is -0.696. The molecule has 3 nitrogen and oxygen atoms in total. The molecule has 0 bridgehead atoms. The molecule has 110 valence electrons. The molecule has 0 spiro atoms. The molecule has 1 N–H and O–H groups in total. The molecule has 1 heterocycles. The quantitative estimate of drug-likeness (QED) is 0.803. The van der Waals surface area contributed by atoms with E-state index in [0.717, 1.165) is 16.1 Å². The number of aromatic nitrogens is 1. The van der Waals surface area contributed by atoms with Gasteiger partial charge in [-0.15, -0.1) is 0 Å². The molecular weight excluding hydrogens is 309 g/mol. The van der Waals surface area contributed by atoms with Gasteiger partial charge in [-0.1, -0.05) is 35.9 Å². The summed E-state index contributed by atoms with van der Waals surface area (Å²) in [5.41, 5.74) is 2.14. The largest absolute Gasteiger partial charge is 1.00 e. The number of rotatable bonds is 5. The first kappa shape index (κ1) is 17.2. The van der Waals surface area contributed by atoms with E-state index in [4.69, 9.17) is 16.7 Å². The Kier molecular flexibility index (Phi) is 6.92. The van der Waals surface area contributed by atoms with Crippen LogP contribution >= 0.6 is 11.6 Å². The van der Waals surface area contributed by atoms with Gasteiger partial charge in [0.25, 0.3) is 0 Å². The molecular formula is C16H15Cl2NO2. The number of halogens is 2. The second kappa shape index (κ2) is 8.45. The molecule has 0 aliphatic heterocycles. The average Bonchev–Trinajstić information content (AvgIpc) is 2.45. The predicted molar refractivity (Wildman–Crippen MR) is 79.3 cm³/mol. The summed E-state index contributed by atoms with van der Waals surface area (Å²) in [6.45, 7) is 0.483. The average molecular weight is 324 g/mol. The summed E-state index contributed by atoms with van der Waals surface area (Å²) in [4.78, 5) is 10.5. The molecule has 0 amide bonds. The van der Waals surface area contributed by atoms with E-state index in [0.29, 0.717) is 6.54 Å². The second-order valence-corrected chi connectivity index (χ2v) is 4.83. The lowest BCUT2D eigenvalue weighted by Crippen LogP contribution is -3.00. The highest BCUT2D eigenvalue weighted by Gasteiger charge is 2.03. The number of carboxylic acid groups (broad SMARTS) is 1. The Morgan fingerprint density at radius 2 is 1.57 bits per heavy atom. The molecule has 0 atom stereocenters. The molecule has 0 unspecified atom stereocenters. The van der Waals surface area contributed by atoms with E-state index in [2.05, 4.69) is 0 Å². The van der Waals surface area contributed by atoms with Crippen LogP contribution in [0.2, 0.25) is 5.02 Å². The monoisotopic (exact) mass is 323 g/mol.